The van der Waals surface area contributed by atoms with Crippen molar-refractivity contribution in [3.8, 4) is 5.75 Å². The summed E-state index contributed by atoms with van der Waals surface area (Å²) in [5.41, 5.74) is 3.76. The number of hydrogen-bond acceptors (Lipinski definition) is 3. The largest absolute Gasteiger partial charge is 0.496 e. The molecule has 0 radical (unpaired) electrons. The zero-order valence-corrected chi connectivity index (χ0v) is 12.9. The van der Waals surface area contributed by atoms with Crippen LogP contribution in [0.3, 0.4) is 0 Å². The van der Waals surface area contributed by atoms with Gasteiger partial charge in [-0.25, -0.2) is 0 Å². The predicted octanol–water partition coefficient (Wildman–Crippen LogP) is 3.39. The van der Waals surface area contributed by atoms with Gasteiger partial charge in [0.25, 0.3) is 0 Å². The molecular weight excluding hydrogens is 238 g/mol. The highest BCUT2D eigenvalue weighted by molar-refractivity contribution is 5.46. The summed E-state index contributed by atoms with van der Waals surface area (Å²) in [7, 11) is 3.50. The highest BCUT2D eigenvalue weighted by Gasteiger charge is 2.17. The van der Waals surface area contributed by atoms with E-state index >= 15 is 0 Å². The number of nitrogens with one attached hydrogen (secondary N) is 1. The lowest BCUT2D eigenvalue weighted by atomic mass is 9.96. The van der Waals surface area contributed by atoms with Crippen molar-refractivity contribution in [2.24, 2.45) is 0 Å². The summed E-state index contributed by atoms with van der Waals surface area (Å²) in [5, 5.41) is 3.54. The van der Waals surface area contributed by atoms with E-state index in [1.807, 2.05) is 0 Å². The van der Waals surface area contributed by atoms with Crippen molar-refractivity contribution >= 4 is 0 Å². The van der Waals surface area contributed by atoms with Gasteiger partial charge in [-0.2, -0.15) is 0 Å². The van der Waals surface area contributed by atoms with Gasteiger partial charge in [-0.3, -0.25) is 0 Å². The zero-order chi connectivity index (χ0) is 14.3. The zero-order valence-electron chi connectivity index (χ0n) is 12.9. The van der Waals surface area contributed by atoms with Crippen LogP contribution in [0.25, 0.3) is 0 Å². The average Bonchev–Trinajstić information content (AvgIpc) is 2.41. The molecule has 3 heteroatoms. The maximum atomic E-state index is 5.62. The first-order valence-electron chi connectivity index (χ1n) is 7.02. The van der Waals surface area contributed by atoms with Crippen LogP contribution in [0.5, 0.6) is 5.75 Å². The minimum absolute atomic E-state index is 0.328. The highest BCUT2D eigenvalue weighted by atomic mass is 16.5. The Hall–Kier alpha value is -1.06. The van der Waals surface area contributed by atoms with Crippen LogP contribution in [0.2, 0.25) is 0 Å². The van der Waals surface area contributed by atoms with E-state index in [0.29, 0.717) is 6.04 Å². The standard InChI is InChI=1S/C16H27NO2/c1-6-17-15(8-7-11-18-4)14-10-9-12(2)13(3)16(14)19-5/h9-10,15,17H,6-8,11H2,1-5H3. The molecule has 0 aliphatic heterocycles. The number of hydrogen-bond donors (Lipinski definition) is 1. The summed E-state index contributed by atoms with van der Waals surface area (Å²) in [6.45, 7) is 8.13. The molecule has 0 spiro atoms. The molecule has 0 heterocycles. The minimum Gasteiger partial charge on any atom is -0.496 e. The van der Waals surface area contributed by atoms with E-state index in [9.17, 15) is 0 Å². The van der Waals surface area contributed by atoms with Crippen LogP contribution in [0.15, 0.2) is 12.1 Å². The Balaban J connectivity index is 2.97. The van der Waals surface area contributed by atoms with Gasteiger partial charge in [0.05, 0.1) is 7.11 Å². The van der Waals surface area contributed by atoms with Crippen molar-refractivity contribution in [2.75, 3.05) is 27.4 Å². The summed E-state index contributed by atoms with van der Waals surface area (Å²) >= 11 is 0. The van der Waals surface area contributed by atoms with Gasteiger partial charge in [-0.1, -0.05) is 19.1 Å². The normalized spacial score (nSPS) is 12.5. The molecule has 1 rings (SSSR count). The number of rotatable bonds is 8. The first-order chi connectivity index (χ1) is 9.15. The second kappa shape index (κ2) is 8.18. The molecule has 0 bridgehead atoms. The van der Waals surface area contributed by atoms with Crippen LogP contribution >= 0.6 is 0 Å². The molecule has 1 N–H and O–H groups in total. The maximum absolute atomic E-state index is 5.62. The van der Waals surface area contributed by atoms with Crippen molar-refractivity contribution < 1.29 is 9.47 Å². The van der Waals surface area contributed by atoms with Gasteiger partial charge in [0.2, 0.25) is 0 Å². The lowest BCUT2D eigenvalue weighted by molar-refractivity contribution is 0.188. The topological polar surface area (TPSA) is 30.5 Å². The Morgan fingerprint density at radius 3 is 2.53 bits per heavy atom. The highest BCUT2D eigenvalue weighted by Crippen LogP contribution is 2.32. The van der Waals surface area contributed by atoms with Crippen molar-refractivity contribution in [3.05, 3.63) is 28.8 Å². The second-order valence-electron chi connectivity index (χ2n) is 4.88. The van der Waals surface area contributed by atoms with Gasteiger partial charge in [-0.15, -0.1) is 0 Å². The molecule has 0 aromatic heterocycles. The Kier molecular flexibility index (Phi) is 6.89. The molecule has 0 saturated carbocycles. The monoisotopic (exact) mass is 265 g/mol. The Morgan fingerprint density at radius 2 is 1.95 bits per heavy atom. The number of benzene rings is 1. The maximum Gasteiger partial charge on any atom is 0.126 e. The molecular formula is C16H27NO2. The lowest BCUT2D eigenvalue weighted by Crippen LogP contribution is -2.22. The van der Waals surface area contributed by atoms with E-state index in [1.54, 1.807) is 14.2 Å². The summed E-state index contributed by atoms with van der Waals surface area (Å²) in [4.78, 5) is 0. The van der Waals surface area contributed by atoms with Gasteiger partial charge in [0, 0.05) is 25.3 Å². The molecule has 0 aliphatic carbocycles. The van der Waals surface area contributed by atoms with Crippen molar-refractivity contribution in [1.29, 1.82) is 0 Å². The third kappa shape index (κ3) is 4.22. The van der Waals surface area contributed by atoms with Crippen LogP contribution in [0.1, 0.15) is 42.5 Å². The van der Waals surface area contributed by atoms with E-state index in [1.165, 1.54) is 16.7 Å². The van der Waals surface area contributed by atoms with Crippen molar-refractivity contribution in [2.45, 2.75) is 39.7 Å². The number of ether oxygens (including phenoxy) is 2. The van der Waals surface area contributed by atoms with Gasteiger partial charge < -0.3 is 14.8 Å². The van der Waals surface area contributed by atoms with Crippen molar-refractivity contribution in [3.63, 3.8) is 0 Å². The van der Waals surface area contributed by atoms with E-state index < -0.39 is 0 Å². The molecule has 19 heavy (non-hydrogen) atoms. The Bertz CT molecular complexity index is 391. The summed E-state index contributed by atoms with van der Waals surface area (Å²) in [6.07, 6.45) is 2.10. The fourth-order valence-corrected chi connectivity index (χ4v) is 2.40. The van der Waals surface area contributed by atoms with E-state index in [2.05, 4.69) is 38.2 Å². The quantitative estimate of drug-likeness (QED) is 0.731. The molecule has 1 unspecified atom stereocenters. The molecule has 1 aromatic carbocycles. The molecule has 3 nitrogen and oxygen atoms in total. The van der Waals surface area contributed by atoms with Crippen LogP contribution in [0, 0.1) is 13.8 Å². The van der Waals surface area contributed by atoms with Crippen LogP contribution in [-0.4, -0.2) is 27.4 Å². The summed E-state index contributed by atoms with van der Waals surface area (Å²) in [5.74, 6) is 1.02. The van der Waals surface area contributed by atoms with E-state index in [0.717, 1.165) is 31.7 Å². The van der Waals surface area contributed by atoms with Gasteiger partial charge in [0.15, 0.2) is 0 Å². The fraction of sp³-hybridized carbons (Fsp3) is 0.625. The molecule has 1 atom stereocenters. The Labute approximate surface area is 117 Å². The molecule has 0 amide bonds. The minimum atomic E-state index is 0.328. The third-order valence-electron chi connectivity index (χ3n) is 3.58. The van der Waals surface area contributed by atoms with Crippen LogP contribution in [-0.2, 0) is 4.74 Å². The SMILES string of the molecule is CCNC(CCCOC)c1ccc(C)c(C)c1OC. The molecule has 0 fully saturated rings. The predicted molar refractivity (Wildman–Crippen MR) is 80.0 cm³/mol. The average molecular weight is 265 g/mol. The second-order valence-corrected chi connectivity index (χ2v) is 4.88. The van der Waals surface area contributed by atoms with E-state index in [4.69, 9.17) is 9.47 Å². The number of methoxy groups -OCH3 is 2. The van der Waals surface area contributed by atoms with Gasteiger partial charge in [-0.05, 0) is 44.4 Å². The van der Waals surface area contributed by atoms with Crippen LogP contribution in [0.4, 0.5) is 0 Å². The molecule has 0 aliphatic rings. The summed E-state index contributed by atoms with van der Waals surface area (Å²) < 4.78 is 10.8. The third-order valence-corrected chi connectivity index (χ3v) is 3.58. The van der Waals surface area contributed by atoms with Crippen LogP contribution < -0.4 is 10.1 Å². The fourth-order valence-electron chi connectivity index (χ4n) is 2.40. The smallest absolute Gasteiger partial charge is 0.126 e. The van der Waals surface area contributed by atoms with E-state index in [-0.39, 0.29) is 0 Å². The number of aryl methyl sites for hydroxylation is 1. The Morgan fingerprint density at radius 1 is 1.21 bits per heavy atom. The first kappa shape index (κ1) is 16.0. The molecule has 1 aromatic rings. The molecule has 0 saturated heterocycles. The molecule has 108 valence electrons. The van der Waals surface area contributed by atoms with Gasteiger partial charge in [0.1, 0.15) is 5.75 Å². The van der Waals surface area contributed by atoms with Gasteiger partial charge >= 0.3 is 0 Å². The first-order valence-corrected chi connectivity index (χ1v) is 7.02. The van der Waals surface area contributed by atoms with Crippen molar-refractivity contribution in [1.82, 2.24) is 5.32 Å². The lowest BCUT2D eigenvalue weighted by Gasteiger charge is -2.22. The summed E-state index contributed by atoms with van der Waals surface area (Å²) in [6, 6.07) is 4.68.